The Morgan fingerprint density at radius 2 is 1.68 bits per heavy atom. The first-order valence-corrected chi connectivity index (χ1v) is 14.4. The van der Waals surface area contributed by atoms with Crippen molar-refractivity contribution < 1.29 is 19.4 Å². The fraction of sp³-hybridized carbons (Fsp3) is 0.367. The van der Waals surface area contributed by atoms with Crippen LogP contribution in [0.4, 0.5) is 0 Å². The Balaban J connectivity index is 1.90. The second-order valence-electron chi connectivity index (χ2n) is 9.95. The first kappa shape index (κ1) is 28.6. The molecule has 38 heavy (non-hydrogen) atoms. The van der Waals surface area contributed by atoms with Gasteiger partial charge in [-0.3, -0.25) is 9.69 Å². The lowest BCUT2D eigenvalue weighted by Gasteiger charge is -2.37. The van der Waals surface area contributed by atoms with E-state index < -0.39 is 5.97 Å². The van der Waals surface area contributed by atoms with Gasteiger partial charge in [0.05, 0.1) is 28.5 Å². The maximum Gasteiger partial charge on any atom is 0.307 e. The van der Waals surface area contributed by atoms with Crippen LogP contribution in [-0.2, 0) is 11.2 Å². The maximum atomic E-state index is 11.3. The average molecular weight is 646 g/mol. The zero-order valence-corrected chi connectivity index (χ0v) is 25.4. The lowest BCUT2D eigenvalue weighted by atomic mass is 9.91. The van der Waals surface area contributed by atoms with Gasteiger partial charge in [0.1, 0.15) is 11.5 Å². The molecule has 1 saturated heterocycles. The Kier molecular flexibility index (Phi) is 9.52. The second kappa shape index (κ2) is 12.6. The van der Waals surface area contributed by atoms with Crippen LogP contribution < -0.4 is 14.8 Å². The van der Waals surface area contributed by atoms with E-state index in [-0.39, 0.29) is 18.4 Å². The summed E-state index contributed by atoms with van der Waals surface area (Å²) in [5.74, 6) is 1.52. The van der Waals surface area contributed by atoms with E-state index in [0.29, 0.717) is 20.3 Å². The number of ether oxygens (including phenoxy) is 2. The molecular formula is C30H34Br2N2O4. The van der Waals surface area contributed by atoms with Gasteiger partial charge in [-0.1, -0.05) is 43.7 Å². The number of carbonyl (C=O) groups is 1. The van der Waals surface area contributed by atoms with Crippen molar-refractivity contribution in [3.63, 3.8) is 0 Å². The minimum Gasteiger partial charge on any atom is -0.496 e. The van der Waals surface area contributed by atoms with Gasteiger partial charge in [-0.2, -0.15) is 0 Å². The van der Waals surface area contributed by atoms with E-state index in [0.717, 1.165) is 48.8 Å². The molecule has 202 valence electrons. The predicted octanol–water partition coefficient (Wildman–Crippen LogP) is 7.07. The lowest BCUT2D eigenvalue weighted by molar-refractivity contribution is -0.136. The molecule has 0 aromatic heterocycles. The third kappa shape index (κ3) is 6.60. The first-order chi connectivity index (χ1) is 18.2. The van der Waals surface area contributed by atoms with Crippen molar-refractivity contribution in [2.75, 3.05) is 33.3 Å². The monoisotopic (exact) mass is 644 g/mol. The van der Waals surface area contributed by atoms with Crippen LogP contribution in [0.5, 0.6) is 17.2 Å². The molecular weight excluding hydrogens is 612 g/mol. The minimum atomic E-state index is -0.881. The van der Waals surface area contributed by atoms with E-state index >= 15 is 0 Å². The second-order valence-corrected chi connectivity index (χ2v) is 11.7. The van der Waals surface area contributed by atoms with Crippen LogP contribution in [0.3, 0.4) is 0 Å². The summed E-state index contributed by atoms with van der Waals surface area (Å²) in [6, 6.07) is 16.4. The zero-order chi connectivity index (χ0) is 27.4. The molecule has 0 spiro atoms. The number of aryl methyl sites for hydroxylation is 1. The van der Waals surface area contributed by atoms with Gasteiger partial charge < -0.3 is 19.9 Å². The molecule has 3 aromatic carbocycles. The lowest BCUT2D eigenvalue weighted by Crippen LogP contribution is -2.45. The number of hydrogen-bond donors (Lipinski definition) is 2. The van der Waals surface area contributed by atoms with Crippen molar-refractivity contribution in [2.45, 2.75) is 39.2 Å². The van der Waals surface area contributed by atoms with Gasteiger partial charge in [-0.05, 0) is 80.1 Å². The van der Waals surface area contributed by atoms with Crippen LogP contribution >= 0.6 is 31.9 Å². The molecule has 0 radical (unpaired) electrons. The van der Waals surface area contributed by atoms with Gasteiger partial charge in [0, 0.05) is 37.3 Å². The number of methoxy groups -OCH3 is 1. The fourth-order valence-corrected chi connectivity index (χ4v) is 6.43. The zero-order valence-electron chi connectivity index (χ0n) is 22.2. The topological polar surface area (TPSA) is 71.0 Å². The predicted molar refractivity (Wildman–Crippen MR) is 158 cm³/mol. The van der Waals surface area contributed by atoms with E-state index in [1.807, 2.05) is 0 Å². The summed E-state index contributed by atoms with van der Waals surface area (Å²) in [7, 11) is 1.71. The largest absolute Gasteiger partial charge is 0.496 e. The summed E-state index contributed by atoms with van der Waals surface area (Å²) in [6.07, 6.45) is -0.0683. The Hall–Kier alpha value is -2.39. The van der Waals surface area contributed by atoms with Gasteiger partial charge in [-0.15, -0.1) is 0 Å². The van der Waals surface area contributed by atoms with E-state index in [4.69, 9.17) is 9.47 Å². The normalized spacial score (nSPS) is 14.9. The number of nitrogens with one attached hydrogen (secondary N) is 1. The molecule has 1 aliphatic rings. The first-order valence-electron chi connectivity index (χ1n) is 12.8. The number of rotatable bonds is 9. The molecule has 0 amide bonds. The molecule has 1 heterocycles. The smallest absolute Gasteiger partial charge is 0.307 e. The van der Waals surface area contributed by atoms with E-state index in [9.17, 15) is 9.90 Å². The quantitative estimate of drug-likeness (QED) is 0.260. The third-order valence-electron chi connectivity index (χ3n) is 6.78. The summed E-state index contributed by atoms with van der Waals surface area (Å²) < 4.78 is 14.0. The van der Waals surface area contributed by atoms with Crippen LogP contribution in [0.15, 0.2) is 57.5 Å². The molecule has 0 aliphatic carbocycles. The average Bonchev–Trinajstić information content (AvgIpc) is 2.87. The molecule has 4 rings (SSSR count). The van der Waals surface area contributed by atoms with Crippen LogP contribution in [0.2, 0.25) is 0 Å². The Morgan fingerprint density at radius 3 is 2.26 bits per heavy atom. The molecule has 1 aliphatic heterocycles. The summed E-state index contributed by atoms with van der Waals surface area (Å²) in [5.41, 5.74) is 5.16. The number of aliphatic carboxylic acids is 1. The number of carboxylic acids is 1. The molecule has 6 nitrogen and oxygen atoms in total. The molecule has 2 N–H and O–H groups in total. The SMILES string of the molecule is COc1cc(C(c2cccc(C)c2)N2CCNCC2)c(Oc2c(Br)cc(CC(=O)O)cc2Br)cc1C(C)C. The summed E-state index contributed by atoms with van der Waals surface area (Å²) in [5, 5.41) is 12.7. The molecule has 0 bridgehead atoms. The number of hydrogen-bond acceptors (Lipinski definition) is 5. The highest BCUT2D eigenvalue weighted by Crippen LogP contribution is 2.45. The van der Waals surface area contributed by atoms with E-state index in [1.165, 1.54) is 11.1 Å². The van der Waals surface area contributed by atoms with Crippen molar-refractivity contribution in [3.8, 4) is 17.2 Å². The number of piperazine rings is 1. The molecule has 1 atom stereocenters. The minimum absolute atomic E-state index is 0.0362. The van der Waals surface area contributed by atoms with Gasteiger partial charge in [-0.25, -0.2) is 0 Å². The number of halogens is 2. The van der Waals surface area contributed by atoms with Crippen molar-refractivity contribution in [1.82, 2.24) is 10.2 Å². The summed E-state index contributed by atoms with van der Waals surface area (Å²) >= 11 is 7.24. The number of carboxylic acid groups (broad SMARTS) is 1. The van der Waals surface area contributed by atoms with E-state index in [2.05, 4.69) is 99.2 Å². The fourth-order valence-electron chi connectivity index (χ4n) is 4.99. The van der Waals surface area contributed by atoms with Crippen LogP contribution in [0, 0.1) is 6.92 Å². The number of nitrogens with zero attached hydrogens (tertiary/aromatic N) is 1. The number of benzene rings is 3. The molecule has 0 saturated carbocycles. The van der Waals surface area contributed by atoms with Crippen LogP contribution in [0.1, 0.15) is 53.6 Å². The van der Waals surface area contributed by atoms with Crippen LogP contribution in [0.25, 0.3) is 0 Å². The highest BCUT2D eigenvalue weighted by molar-refractivity contribution is 9.11. The standard InChI is InChI=1S/C30H34Br2N2O4/c1-18(2)22-16-27(38-30-24(31)13-20(14-25(30)32)15-28(35)36)23(17-26(22)37-4)29(34-10-8-33-9-11-34)21-7-5-6-19(3)12-21/h5-7,12-14,16-18,29,33H,8-11,15H2,1-4H3,(H,35,36). The summed E-state index contributed by atoms with van der Waals surface area (Å²) in [4.78, 5) is 13.8. The van der Waals surface area contributed by atoms with Crippen molar-refractivity contribution in [3.05, 3.63) is 85.3 Å². The summed E-state index contributed by atoms with van der Waals surface area (Å²) in [6.45, 7) is 10.0. The Morgan fingerprint density at radius 1 is 1.03 bits per heavy atom. The highest BCUT2D eigenvalue weighted by atomic mass is 79.9. The molecule has 1 unspecified atom stereocenters. The van der Waals surface area contributed by atoms with Crippen molar-refractivity contribution >= 4 is 37.8 Å². The van der Waals surface area contributed by atoms with Gasteiger partial charge in [0.15, 0.2) is 5.75 Å². The van der Waals surface area contributed by atoms with Crippen LogP contribution in [-0.4, -0.2) is 49.3 Å². The third-order valence-corrected chi connectivity index (χ3v) is 7.96. The molecule has 3 aromatic rings. The maximum absolute atomic E-state index is 11.3. The molecule has 1 fully saturated rings. The van der Waals surface area contributed by atoms with Gasteiger partial charge in [0.25, 0.3) is 0 Å². The highest BCUT2D eigenvalue weighted by Gasteiger charge is 2.29. The Labute approximate surface area is 241 Å². The van der Waals surface area contributed by atoms with Gasteiger partial charge >= 0.3 is 5.97 Å². The van der Waals surface area contributed by atoms with Crippen molar-refractivity contribution in [2.24, 2.45) is 0 Å². The van der Waals surface area contributed by atoms with Crippen molar-refractivity contribution in [1.29, 1.82) is 0 Å². The van der Waals surface area contributed by atoms with Gasteiger partial charge in [0.2, 0.25) is 0 Å². The molecule has 8 heteroatoms. The van der Waals surface area contributed by atoms with E-state index in [1.54, 1.807) is 19.2 Å². The Bertz CT molecular complexity index is 1280.